The molecule has 2 nitrogen and oxygen atoms in total. The molecule has 0 bridgehead atoms. The summed E-state index contributed by atoms with van der Waals surface area (Å²) in [5.41, 5.74) is 5.40. The van der Waals surface area contributed by atoms with E-state index in [0.29, 0.717) is 12.2 Å². The van der Waals surface area contributed by atoms with Crippen LogP contribution < -0.4 is 5.73 Å². The summed E-state index contributed by atoms with van der Waals surface area (Å²) in [5, 5.41) is 0. The number of nitrogens with two attached hydrogens (primary N) is 1. The van der Waals surface area contributed by atoms with Crippen LogP contribution in [0.15, 0.2) is 0 Å². The fraction of sp³-hybridized carbons (Fsp3) is 1.00. The van der Waals surface area contributed by atoms with Crippen LogP contribution in [0, 0.1) is 0 Å². The minimum atomic E-state index is 0.491. The molecule has 1 heterocycles. The minimum Gasteiger partial charge on any atom is -0.374 e. The van der Waals surface area contributed by atoms with Gasteiger partial charge in [0, 0.05) is 5.75 Å². The lowest BCUT2D eigenvalue weighted by molar-refractivity contribution is 0.0700. The van der Waals surface area contributed by atoms with Crippen molar-refractivity contribution in [3.05, 3.63) is 0 Å². The van der Waals surface area contributed by atoms with Crippen LogP contribution in [0.2, 0.25) is 0 Å². The molecule has 3 heteroatoms. The SMILES string of the molecule is CC1CCC(CSCCCN)O1. The van der Waals surface area contributed by atoms with Crippen molar-refractivity contribution in [1.82, 2.24) is 0 Å². The number of rotatable bonds is 5. The summed E-state index contributed by atoms with van der Waals surface area (Å²) in [4.78, 5) is 0. The van der Waals surface area contributed by atoms with Crippen LogP contribution in [0.5, 0.6) is 0 Å². The fourth-order valence-electron chi connectivity index (χ4n) is 1.41. The van der Waals surface area contributed by atoms with Gasteiger partial charge >= 0.3 is 0 Å². The van der Waals surface area contributed by atoms with Crippen molar-refractivity contribution in [3.8, 4) is 0 Å². The van der Waals surface area contributed by atoms with Gasteiger partial charge in [-0.05, 0) is 38.5 Å². The quantitative estimate of drug-likeness (QED) is 0.668. The highest BCUT2D eigenvalue weighted by Gasteiger charge is 2.20. The molecule has 0 saturated carbocycles. The zero-order valence-electron chi connectivity index (χ0n) is 7.79. The zero-order chi connectivity index (χ0) is 8.81. The van der Waals surface area contributed by atoms with Gasteiger partial charge in [0.2, 0.25) is 0 Å². The maximum atomic E-state index is 5.69. The highest BCUT2D eigenvalue weighted by Crippen LogP contribution is 2.22. The molecule has 1 saturated heterocycles. The largest absolute Gasteiger partial charge is 0.374 e. The highest BCUT2D eigenvalue weighted by molar-refractivity contribution is 7.99. The Labute approximate surface area is 79.2 Å². The maximum Gasteiger partial charge on any atom is 0.0670 e. The lowest BCUT2D eigenvalue weighted by Gasteiger charge is -2.09. The summed E-state index contributed by atoms with van der Waals surface area (Å²) in [6, 6.07) is 0. The Morgan fingerprint density at radius 1 is 1.50 bits per heavy atom. The van der Waals surface area contributed by atoms with E-state index in [1.54, 1.807) is 0 Å². The van der Waals surface area contributed by atoms with Crippen molar-refractivity contribution >= 4 is 11.8 Å². The van der Waals surface area contributed by atoms with Crippen molar-refractivity contribution in [2.75, 3.05) is 18.1 Å². The molecule has 1 fully saturated rings. The van der Waals surface area contributed by atoms with E-state index in [1.165, 1.54) is 18.6 Å². The van der Waals surface area contributed by atoms with Crippen LogP contribution in [-0.2, 0) is 4.74 Å². The molecule has 1 aliphatic rings. The predicted molar refractivity (Wildman–Crippen MR) is 54.6 cm³/mol. The average molecular weight is 189 g/mol. The van der Waals surface area contributed by atoms with Crippen LogP contribution in [0.25, 0.3) is 0 Å². The Hall–Kier alpha value is 0.270. The van der Waals surface area contributed by atoms with Crippen LogP contribution in [0.3, 0.4) is 0 Å². The summed E-state index contributed by atoms with van der Waals surface area (Å²) >= 11 is 1.97. The van der Waals surface area contributed by atoms with E-state index in [4.69, 9.17) is 10.5 Å². The monoisotopic (exact) mass is 189 g/mol. The third-order valence-electron chi connectivity index (χ3n) is 2.12. The second-order valence-corrected chi connectivity index (χ2v) is 4.51. The van der Waals surface area contributed by atoms with Crippen LogP contribution in [-0.4, -0.2) is 30.3 Å². The predicted octanol–water partition coefficient (Wildman–Crippen LogP) is 1.64. The molecule has 72 valence electrons. The molecular weight excluding hydrogens is 170 g/mol. The first kappa shape index (κ1) is 10.4. The van der Waals surface area contributed by atoms with E-state index in [9.17, 15) is 0 Å². The van der Waals surface area contributed by atoms with Crippen LogP contribution in [0.1, 0.15) is 26.2 Å². The van der Waals surface area contributed by atoms with E-state index < -0.39 is 0 Å². The van der Waals surface area contributed by atoms with Crippen LogP contribution in [0.4, 0.5) is 0 Å². The Kier molecular flexibility index (Phi) is 5.04. The Balaban J connectivity index is 1.93. The molecule has 0 radical (unpaired) electrons. The summed E-state index contributed by atoms with van der Waals surface area (Å²) in [5.74, 6) is 2.34. The first-order valence-electron chi connectivity index (χ1n) is 4.76. The summed E-state index contributed by atoms with van der Waals surface area (Å²) in [6.45, 7) is 2.97. The van der Waals surface area contributed by atoms with Gasteiger partial charge in [0.25, 0.3) is 0 Å². The summed E-state index contributed by atoms with van der Waals surface area (Å²) in [7, 11) is 0. The highest BCUT2D eigenvalue weighted by atomic mass is 32.2. The molecule has 12 heavy (non-hydrogen) atoms. The van der Waals surface area contributed by atoms with Gasteiger partial charge in [-0.15, -0.1) is 0 Å². The summed E-state index contributed by atoms with van der Waals surface area (Å²) in [6.07, 6.45) is 4.62. The molecule has 0 aliphatic carbocycles. The van der Waals surface area contributed by atoms with Gasteiger partial charge in [-0.25, -0.2) is 0 Å². The Bertz CT molecular complexity index is 121. The molecular formula is C9H19NOS. The lowest BCUT2D eigenvalue weighted by atomic mass is 10.2. The van der Waals surface area contributed by atoms with Crippen molar-refractivity contribution in [1.29, 1.82) is 0 Å². The zero-order valence-corrected chi connectivity index (χ0v) is 8.61. The average Bonchev–Trinajstić information content (AvgIpc) is 2.45. The van der Waals surface area contributed by atoms with E-state index >= 15 is 0 Å². The van der Waals surface area contributed by atoms with Gasteiger partial charge in [0.05, 0.1) is 12.2 Å². The normalized spacial score (nSPS) is 29.5. The van der Waals surface area contributed by atoms with Gasteiger partial charge in [-0.3, -0.25) is 0 Å². The molecule has 0 spiro atoms. The van der Waals surface area contributed by atoms with Crippen LogP contribution >= 0.6 is 11.8 Å². The van der Waals surface area contributed by atoms with E-state index in [2.05, 4.69) is 6.92 Å². The number of ether oxygens (including phenoxy) is 1. The molecule has 0 amide bonds. The van der Waals surface area contributed by atoms with Crippen molar-refractivity contribution in [2.24, 2.45) is 5.73 Å². The molecule has 1 aliphatic heterocycles. The molecule has 0 aromatic carbocycles. The first-order chi connectivity index (χ1) is 5.83. The van der Waals surface area contributed by atoms with Crippen molar-refractivity contribution < 1.29 is 4.74 Å². The van der Waals surface area contributed by atoms with Gasteiger partial charge in [-0.1, -0.05) is 0 Å². The Morgan fingerprint density at radius 3 is 2.92 bits per heavy atom. The number of hydrogen-bond acceptors (Lipinski definition) is 3. The van der Waals surface area contributed by atoms with Crippen molar-refractivity contribution in [3.63, 3.8) is 0 Å². The van der Waals surface area contributed by atoms with Crippen molar-refractivity contribution in [2.45, 2.75) is 38.4 Å². The molecule has 2 atom stereocenters. The molecule has 2 unspecified atom stereocenters. The number of thioether (sulfide) groups is 1. The van der Waals surface area contributed by atoms with Gasteiger partial charge < -0.3 is 10.5 Å². The molecule has 0 aromatic rings. The summed E-state index contributed by atoms with van der Waals surface area (Å²) < 4.78 is 5.69. The molecule has 1 rings (SSSR count). The smallest absolute Gasteiger partial charge is 0.0670 e. The first-order valence-corrected chi connectivity index (χ1v) is 5.91. The van der Waals surface area contributed by atoms with E-state index in [0.717, 1.165) is 18.7 Å². The molecule has 2 N–H and O–H groups in total. The second-order valence-electron chi connectivity index (χ2n) is 3.36. The van der Waals surface area contributed by atoms with Gasteiger partial charge in [0.15, 0.2) is 0 Å². The minimum absolute atomic E-state index is 0.491. The standard InChI is InChI=1S/C9H19NOS/c1-8-3-4-9(11-8)7-12-6-2-5-10/h8-9H,2-7,10H2,1H3. The molecule has 0 aromatic heterocycles. The van der Waals surface area contributed by atoms with E-state index in [-0.39, 0.29) is 0 Å². The fourth-order valence-corrected chi connectivity index (χ4v) is 2.45. The van der Waals surface area contributed by atoms with Gasteiger partial charge in [-0.2, -0.15) is 11.8 Å². The van der Waals surface area contributed by atoms with E-state index in [1.807, 2.05) is 11.8 Å². The second kappa shape index (κ2) is 5.84. The third kappa shape index (κ3) is 3.78. The lowest BCUT2D eigenvalue weighted by Crippen LogP contribution is -2.11. The number of hydrogen-bond donors (Lipinski definition) is 1. The topological polar surface area (TPSA) is 35.2 Å². The third-order valence-corrected chi connectivity index (χ3v) is 3.30. The maximum absolute atomic E-state index is 5.69. The van der Waals surface area contributed by atoms with Gasteiger partial charge in [0.1, 0.15) is 0 Å². The Morgan fingerprint density at radius 2 is 2.33 bits per heavy atom.